The van der Waals surface area contributed by atoms with E-state index in [1.807, 2.05) is 10.8 Å². The fraction of sp³-hybridized carbons (Fsp3) is 0.263. The molecule has 2 heterocycles. The number of carbonyl (C=O) groups is 1. The van der Waals surface area contributed by atoms with Crippen LogP contribution in [0.4, 0.5) is 0 Å². The highest BCUT2D eigenvalue weighted by Crippen LogP contribution is 2.21. The maximum atomic E-state index is 12.5. The van der Waals surface area contributed by atoms with Gasteiger partial charge in [-0.2, -0.15) is 0 Å². The summed E-state index contributed by atoms with van der Waals surface area (Å²) in [4.78, 5) is 25.2. The van der Waals surface area contributed by atoms with E-state index in [-0.39, 0.29) is 5.91 Å². The standard InChI is InChI=1S/C19H20ClN5O2/c1-19(2,27-15-6-4-14(20)5-7-15)18(26)24-11-13-25-12-10-23-17(25)16-21-8-3-9-22-16/h3-10,12H,11,13H2,1-2H3,(H,24,26). The summed E-state index contributed by atoms with van der Waals surface area (Å²) in [6.07, 6.45) is 6.84. The summed E-state index contributed by atoms with van der Waals surface area (Å²) in [7, 11) is 0. The molecule has 7 nitrogen and oxygen atoms in total. The topological polar surface area (TPSA) is 81.9 Å². The molecule has 0 aliphatic carbocycles. The summed E-state index contributed by atoms with van der Waals surface area (Å²) in [6, 6.07) is 8.65. The minimum atomic E-state index is -1.02. The lowest BCUT2D eigenvalue weighted by Gasteiger charge is -2.25. The van der Waals surface area contributed by atoms with Gasteiger partial charge in [0.25, 0.3) is 5.91 Å². The van der Waals surface area contributed by atoms with E-state index >= 15 is 0 Å². The number of nitrogens with zero attached hydrogens (tertiary/aromatic N) is 4. The minimum Gasteiger partial charge on any atom is -0.478 e. The molecule has 0 saturated carbocycles. The van der Waals surface area contributed by atoms with Gasteiger partial charge >= 0.3 is 0 Å². The molecular formula is C19H20ClN5O2. The number of carbonyl (C=O) groups excluding carboxylic acids is 1. The summed E-state index contributed by atoms with van der Waals surface area (Å²) >= 11 is 5.87. The zero-order valence-electron chi connectivity index (χ0n) is 15.1. The molecule has 27 heavy (non-hydrogen) atoms. The minimum absolute atomic E-state index is 0.213. The lowest BCUT2D eigenvalue weighted by molar-refractivity contribution is -0.134. The second kappa shape index (κ2) is 8.18. The molecule has 3 aromatic rings. The number of halogens is 1. The highest BCUT2D eigenvalue weighted by molar-refractivity contribution is 6.30. The quantitative estimate of drug-likeness (QED) is 0.676. The first kappa shape index (κ1) is 18.8. The zero-order chi connectivity index (χ0) is 19.3. The number of benzene rings is 1. The maximum absolute atomic E-state index is 12.5. The highest BCUT2D eigenvalue weighted by atomic mass is 35.5. The van der Waals surface area contributed by atoms with Crippen molar-refractivity contribution in [3.05, 3.63) is 60.1 Å². The third-order valence-electron chi connectivity index (χ3n) is 3.85. The predicted octanol–water partition coefficient (Wildman–Crippen LogP) is 2.97. The second-order valence-corrected chi connectivity index (χ2v) is 6.78. The van der Waals surface area contributed by atoms with E-state index in [4.69, 9.17) is 16.3 Å². The first-order valence-corrected chi connectivity index (χ1v) is 8.85. The Labute approximate surface area is 162 Å². The maximum Gasteiger partial charge on any atom is 0.263 e. The van der Waals surface area contributed by atoms with Crippen LogP contribution >= 0.6 is 11.6 Å². The van der Waals surface area contributed by atoms with E-state index in [2.05, 4.69) is 20.3 Å². The molecule has 0 aliphatic heterocycles. The number of ether oxygens (including phenoxy) is 1. The smallest absolute Gasteiger partial charge is 0.263 e. The number of nitrogens with one attached hydrogen (secondary N) is 1. The highest BCUT2D eigenvalue weighted by Gasteiger charge is 2.29. The lowest BCUT2D eigenvalue weighted by atomic mass is 10.1. The van der Waals surface area contributed by atoms with Gasteiger partial charge in [-0.25, -0.2) is 15.0 Å². The molecular weight excluding hydrogens is 366 g/mol. The van der Waals surface area contributed by atoms with Gasteiger partial charge in [-0.3, -0.25) is 4.79 Å². The van der Waals surface area contributed by atoms with Crippen LogP contribution in [0, 0.1) is 0 Å². The van der Waals surface area contributed by atoms with Gasteiger partial charge in [-0.1, -0.05) is 11.6 Å². The van der Waals surface area contributed by atoms with Crippen LogP contribution in [-0.2, 0) is 11.3 Å². The van der Waals surface area contributed by atoms with E-state index < -0.39 is 5.60 Å². The van der Waals surface area contributed by atoms with Crippen LogP contribution in [0.5, 0.6) is 5.75 Å². The molecule has 0 unspecified atom stereocenters. The fourth-order valence-corrected chi connectivity index (χ4v) is 2.58. The number of hydrogen-bond acceptors (Lipinski definition) is 5. The fourth-order valence-electron chi connectivity index (χ4n) is 2.46. The molecule has 1 amide bonds. The van der Waals surface area contributed by atoms with Crippen molar-refractivity contribution < 1.29 is 9.53 Å². The Balaban J connectivity index is 1.56. The number of rotatable bonds is 7. The van der Waals surface area contributed by atoms with Crippen molar-refractivity contribution in [2.75, 3.05) is 6.54 Å². The molecule has 140 valence electrons. The van der Waals surface area contributed by atoms with E-state index in [0.717, 1.165) is 0 Å². The summed E-state index contributed by atoms with van der Waals surface area (Å²) in [5, 5.41) is 3.51. The predicted molar refractivity (Wildman–Crippen MR) is 102 cm³/mol. The Bertz CT molecular complexity index is 894. The van der Waals surface area contributed by atoms with E-state index in [0.29, 0.717) is 35.5 Å². The first-order valence-electron chi connectivity index (χ1n) is 8.47. The molecule has 1 N–H and O–H groups in total. The van der Waals surface area contributed by atoms with Gasteiger partial charge in [0, 0.05) is 42.9 Å². The van der Waals surface area contributed by atoms with Crippen molar-refractivity contribution in [2.45, 2.75) is 26.0 Å². The Morgan fingerprint density at radius 2 is 1.85 bits per heavy atom. The molecule has 2 aromatic heterocycles. The van der Waals surface area contributed by atoms with Gasteiger partial charge in [-0.05, 0) is 44.2 Å². The Kier molecular flexibility index (Phi) is 5.71. The largest absolute Gasteiger partial charge is 0.478 e. The van der Waals surface area contributed by atoms with Gasteiger partial charge in [0.15, 0.2) is 17.2 Å². The molecule has 8 heteroatoms. The number of aromatic nitrogens is 4. The van der Waals surface area contributed by atoms with Crippen molar-refractivity contribution in [2.24, 2.45) is 0 Å². The first-order chi connectivity index (χ1) is 13.0. The summed E-state index contributed by atoms with van der Waals surface area (Å²) in [5.74, 6) is 1.56. The van der Waals surface area contributed by atoms with Crippen molar-refractivity contribution in [3.63, 3.8) is 0 Å². The summed E-state index contributed by atoms with van der Waals surface area (Å²) in [6.45, 7) is 4.40. The van der Waals surface area contributed by atoms with Crippen LogP contribution in [-0.4, -0.2) is 37.6 Å². The average Bonchev–Trinajstić information content (AvgIpc) is 3.12. The van der Waals surface area contributed by atoms with Gasteiger partial charge in [-0.15, -0.1) is 0 Å². The van der Waals surface area contributed by atoms with Crippen LogP contribution in [0.1, 0.15) is 13.8 Å². The molecule has 0 fully saturated rings. The SMILES string of the molecule is CC(C)(Oc1ccc(Cl)cc1)C(=O)NCCn1ccnc1-c1ncccn1. The third kappa shape index (κ3) is 4.83. The van der Waals surface area contributed by atoms with Gasteiger partial charge < -0.3 is 14.6 Å². The van der Waals surface area contributed by atoms with E-state index in [1.54, 1.807) is 62.8 Å². The van der Waals surface area contributed by atoms with Crippen LogP contribution in [0.3, 0.4) is 0 Å². The van der Waals surface area contributed by atoms with Crippen molar-refractivity contribution in [1.82, 2.24) is 24.8 Å². The Morgan fingerprint density at radius 3 is 2.56 bits per heavy atom. The zero-order valence-corrected chi connectivity index (χ0v) is 15.8. The molecule has 0 atom stereocenters. The lowest BCUT2D eigenvalue weighted by Crippen LogP contribution is -2.47. The van der Waals surface area contributed by atoms with Crippen molar-refractivity contribution >= 4 is 17.5 Å². The van der Waals surface area contributed by atoms with Crippen LogP contribution in [0.25, 0.3) is 11.6 Å². The number of imidazole rings is 1. The van der Waals surface area contributed by atoms with Gasteiger partial charge in [0.05, 0.1) is 0 Å². The van der Waals surface area contributed by atoms with E-state index in [9.17, 15) is 4.79 Å². The monoisotopic (exact) mass is 385 g/mol. The average molecular weight is 386 g/mol. The molecule has 0 radical (unpaired) electrons. The van der Waals surface area contributed by atoms with E-state index in [1.165, 1.54) is 0 Å². The van der Waals surface area contributed by atoms with Gasteiger partial charge in [0.2, 0.25) is 0 Å². The van der Waals surface area contributed by atoms with Gasteiger partial charge in [0.1, 0.15) is 5.75 Å². The summed E-state index contributed by atoms with van der Waals surface area (Å²) in [5.41, 5.74) is -1.02. The molecule has 3 rings (SSSR count). The normalized spacial score (nSPS) is 11.2. The Morgan fingerprint density at radius 1 is 1.15 bits per heavy atom. The van der Waals surface area contributed by atoms with Crippen LogP contribution < -0.4 is 10.1 Å². The Hall–Kier alpha value is -2.93. The molecule has 1 aromatic carbocycles. The molecule has 0 spiro atoms. The molecule has 0 bridgehead atoms. The molecule has 0 saturated heterocycles. The third-order valence-corrected chi connectivity index (χ3v) is 4.10. The molecule has 0 aliphatic rings. The van der Waals surface area contributed by atoms with Crippen LogP contribution in [0.15, 0.2) is 55.1 Å². The number of hydrogen-bond donors (Lipinski definition) is 1. The van der Waals surface area contributed by atoms with Crippen LogP contribution in [0.2, 0.25) is 5.02 Å². The van der Waals surface area contributed by atoms with Crippen molar-refractivity contribution in [1.29, 1.82) is 0 Å². The number of amides is 1. The summed E-state index contributed by atoms with van der Waals surface area (Å²) < 4.78 is 7.68. The second-order valence-electron chi connectivity index (χ2n) is 6.34. The van der Waals surface area contributed by atoms with Crippen molar-refractivity contribution in [3.8, 4) is 17.4 Å².